The number of amides is 2. The van der Waals surface area contributed by atoms with Crippen molar-refractivity contribution in [2.24, 2.45) is 0 Å². The van der Waals surface area contributed by atoms with Crippen LogP contribution in [0.3, 0.4) is 0 Å². The van der Waals surface area contributed by atoms with Gasteiger partial charge in [-0.05, 0) is 41.5 Å². The minimum Gasteiger partial charge on any atom is -0.489 e. The number of carbonyl (C=O) groups excluding carboxylic acids is 1. The SMILES string of the molecule is COCCN(Cc1cccnc1)C(=O)Nc1cccc(OCc2cccc(F)c2)c1. The minimum atomic E-state index is -0.304. The molecule has 0 aliphatic rings. The number of aromatic nitrogens is 1. The molecule has 0 bridgehead atoms. The predicted octanol–water partition coefficient (Wildman–Crippen LogP) is 4.48. The van der Waals surface area contributed by atoms with E-state index in [-0.39, 0.29) is 18.5 Å². The number of halogens is 1. The largest absolute Gasteiger partial charge is 0.489 e. The molecule has 0 unspecified atom stereocenters. The molecule has 2 amide bonds. The van der Waals surface area contributed by atoms with Gasteiger partial charge >= 0.3 is 6.03 Å². The van der Waals surface area contributed by atoms with Crippen molar-refractivity contribution in [3.05, 3.63) is 90.0 Å². The van der Waals surface area contributed by atoms with Crippen LogP contribution in [-0.2, 0) is 17.9 Å². The summed E-state index contributed by atoms with van der Waals surface area (Å²) in [6, 6.07) is 16.8. The minimum absolute atomic E-state index is 0.232. The molecule has 7 heteroatoms. The van der Waals surface area contributed by atoms with Gasteiger partial charge in [-0.15, -0.1) is 0 Å². The van der Waals surface area contributed by atoms with Crippen LogP contribution in [0.2, 0.25) is 0 Å². The first-order chi connectivity index (χ1) is 14.6. The summed E-state index contributed by atoms with van der Waals surface area (Å²) in [5.41, 5.74) is 2.26. The van der Waals surface area contributed by atoms with Crippen molar-refractivity contribution in [3.8, 4) is 5.75 Å². The van der Waals surface area contributed by atoms with Gasteiger partial charge in [-0.1, -0.05) is 24.3 Å². The summed E-state index contributed by atoms with van der Waals surface area (Å²) in [7, 11) is 1.60. The molecule has 1 N–H and O–H groups in total. The van der Waals surface area contributed by atoms with E-state index in [0.717, 1.165) is 11.1 Å². The van der Waals surface area contributed by atoms with Crippen molar-refractivity contribution in [1.29, 1.82) is 0 Å². The second kappa shape index (κ2) is 10.9. The van der Waals surface area contributed by atoms with Crippen LogP contribution in [0, 0.1) is 5.82 Å². The predicted molar refractivity (Wildman–Crippen MR) is 113 cm³/mol. The summed E-state index contributed by atoms with van der Waals surface area (Å²) in [6.45, 7) is 1.51. The number of pyridine rings is 1. The molecule has 1 heterocycles. The molecule has 2 aromatic carbocycles. The number of anilines is 1. The molecular formula is C23H24FN3O3. The third kappa shape index (κ3) is 6.56. The average Bonchev–Trinajstić information content (AvgIpc) is 2.76. The van der Waals surface area contributed by atoms with E-state index in [1.165, 1.54) is 12.1 Å². The van der Waals surface area contributed by atoms with Crippen LogP contribution in [0.4, 0.5) is 14.9 Å². The summed E-state index contributed by atoms with van der Waals surface area (Å²) in [4.78, 5) is 18.6. The van der Waals surface area contributed by atoms with Gasteiger partial charge in [0.25, 0.3) is 0 Å². The van der Waals surface area contributed by atoms with Gasteiger partial charge in [0, 0.05) is 44.3 Å². The lowest BCUT2D eigenvalue weighted by molar-refractivity contribution is 0.153. The van der Waals surface area contributed by atoms with E-state index in [2.05, 4.69) is 10.3 Å². The lowest BCUT2D eigenvalue weighted by atomic mass is 10.2. The molecule has 30 heavy (non-hydrogen) atoms. The number of ether oxygens (including phenoxy) is 2. The molecule has 0 saturated heterocycles. The van der Waals surface area contributed by atoms with Crippen LogP contribution in [-0.4, -0.2) is 36.2 Å². The highest BCUT2D eigenvalue weighted by Crippen LogP contribution is 2.19. The number of hydrogen-bond acceptors (Lipinski definition) is 4. The topological polar surface area (TPSA) is 63.7 Å². The summed E-state index contributed by atoms with van der Waals surface area (Å²) in [6.07, 6.45) is 3.42. The van der Waals surface area contributed by atoms with E-state index in [0.29, 0.717) is 31.1 Å². The molecule has 3 rings (SSSR count). The van der Waals surface area contributed by atoms with E-state index in [1.54, 1.807) is 60.8 Å². The van der Waals surface area contributed by atoms with Crippen LogP contribution in [0.5, 0.6) is 5.75 Å². The third-order valence-corrected chi connectivity index (χ3v) is 4.33. The Kier molecular flexibility index (Phi) is 7.74. The Balaban J connectivity index is 1.63. The van der Waals surface area contributed by atoms with Gasteiger partial charge in [0.2, 0.25) is 0 Å². The molecule has 0 atom stereocenters. The van der Waals surface area contributed by atoms with E-state index in [9.17, 15) is 9.18 Å². The lowest BCUT2D eigenvalue weighted by Gasteiger charge is -2.23. The fourth-order valence-corrected chi connectivity index (χ4v) is 2.83. The van der Waals surface area contributed by atoms with Crippen LogP contribution in [0.15, 0.2) is 73.1 Å². The average molecular weight is 409 g/mol. The lowest BCUT2D eigenvalue weighted by Crippen LogP contribution is -2.36. The number of carbonyl (C=O) groups is 1. The second-order valence-corrected chi connectivity index (χ2v) is 6.65. The molecule has 0 aliphatic carbocycles. The molecule has 1 aromatic heterocycles. The Morgan fingerprint density at radius 2 is 1.93 bits per heavy atom. The van der Waals surface area contributed by atoms with Gasteiger partial charge in [0.15, 0.2) is 0 Å². The first-order valence-electron chi connectivity index (χ1n) is 9.55. The van der Waals surface area contributed by atoms with Crippen molar-refractivity contribution in [1.82, 2.24) is 9.88 Å². The van der Waals surface area contributed by atoms with E-state index in [4.69, 9.17) is 9.47 Å². The summed E-state index contributed by atoms with van der Waals surface area (Å²) in [5.74, 6) is 0.273. The van der Waals surface area contributed by atoms with Crippen molar-refractivity contribution in [3.63, 3.8) is 0 Å². The Hall–Kier alpha value is -3.45. The van der Waals surface area contributed by atoms with Crippen molar-refractivity contribution in [2.45, 2.75) is 13.2 Å². The van der Waals surface area contributed by atoms with Gasteiger partial charge in [0.1, 0.15) is 18.2 Å². The van der Waals surface area contributed by atoms with Gasteiger partial charge in [0.05, 0.1) is 6.61 Å². The van der Waals surface area contributed by atoms with Crippen LogP contribution in [0.25, 0.3) is 0 Å². The standard InChI is InChI=1S/C23H24FN3O3/c1-29-12-11-27(16-19-6-4-10-25-15-19)23(28)26-21-8-3-9-22(14-21)30-17-18-5-2-7-20(24)13-18/h2-10,13-15H,11-12,16-17H2,1H3,(H,26,28). The molecule has 3 aromatic rings. The summed E-state index contributed by atoms with van der Waals surface area (Å²) < 4.78 is 24.2. The Morgan fingerprint density at radius 1 is 1.10 bits per heavy atom. The maximum absolute atomic E-state index is 13.3. The molecule has 0 spiro atoms. The van der Waals surface area contributed by atoms with Gasteiger partial charge < -0.3 is 19.7 Å². The first kappa shape index (κ1) is 21.3. The molecule has 0 saturated carbocycles. The fourth-order valence-electron chi connectivity index (χ4n) is 2.83. The van der Waals surface area contributed by atoms with Gasteiger partial charge in [-0.2, -0.15) is 0 Å². The number of urea groups is 1. The van der Waals surface area contributed by atoms with E-state index in [1.807, 2.05) is 12.1 Å². The number of nitrogens with one attached hydrogen (secondary N) is 1. The van der Waals surface area contributed by atoms with Crippen molar-refractivity contribution >= 4 is 11.7 Å². The third-order valence-electron chi connectivity index (χ3n) is 4.33. The van der Waals surface area contributed by atoms with Gasteiger partial charge in [-0.25, -0.2) is 9.18 Å². The van der Waals surface area contributed by atoms with Crippen molar-refractivity contribution in [2.75, 3.05) is 25.6 Å². The summed E-state index contributed by atoms with van der Waals surface area (Å²) in [5, 5.41) is 2.89. The number of nitrogens with zero attached hydrogens (tertiary/aromatic N) is 2. The molecular weight excluding hydrogens is 385 g/mol. The zero-order valence-corrected chi connectivity index (χ0v) is 16.8. The fraction of sp³-hybridized carbons (Fsp3) is 0.217. The van der Waals surface area contributed by atoms with E-state index >= 15 is 0 Å². The molecule has 0 aliphatic heterocycles. The Labute approximate surface area is 175 Å². The zero-order valence-electron chi connectivity index (χ0n) is 16.8. The molecule has 6 nitrogen and oxygen atoms in total. The smallest absolute Gasteiger partial charge is 0.322 e. The summed E-state index contributed by atoms with van der Waals surface area (Å²) >= 11 is 0. The highest BCUT2D eigenvalue weighted by Gasteiger charge is 2.14. The quantitative estimate of drug-likeness (QED) is 0.566. The number of benzene rings is 2. The maximum Gasteiger partial charge on any atom is 0.322 e. The normalized spacial score (nSPS) is 10.5. The molecule has 156 valence electrons. The monoisotopic (exact) mass is 409 g/mol. The van der Waals surface area contributed by atoms with Crippen LogP contribution in [0.1, 0.15) is 11.1 Å². The highest BCUT2D eigenvalue weighted by atomic mass is 19.1. The second-order valence-electron chi connectivity index (χ2n) is 6.65. The Bertz CT molecular complexity index is 953. The molecule has 0 radical (unpaired) electrons. The van der Waals surface area contributed by atoms with Gasteiger partial charge in [-0.3, -0.25) is 4.98 Å². The zero-order chi connectivity index (χ0) is 21.2. The van der Waals surface area contributed by atoms with Crippen molar-refractivity contribution < 1.29 is 18.7 Å². The van der Waals surface area contributed by atoms with Crippen LogP contribution >= 0.6 is 0 Å². The maximum atomic E-state index is 13.3. The number of hydrogen-bond donors (Lipinski definition) is 1. The van der Waals surface area contributed by atoms with Crippen LogP contribution < -0.4 is 10.1 Å². The van der Waals surface area contributed by atoms with E-state index < -0.39 is 0 Å². The first-order valence-corrected chi connectivity index (χ1v) is 9.55. The highest BCUT2D eigenvalue weighted by molar-refractivity contribution is 5.89. The molecule has 0 fully saturated rings. The number of methoxy groups -OCH3 is 1. The number of rotatable bonds is 9. The Morgan fingerprint density at radius 3 is 2.70 bits per heavy atom.